The molecule has 0 unspecified atom stereocenters. The minimum absolute atomic E-state index is 0.540. The number of hydrogen-bond donors (Lipinski definition) is 2. The van der Waals surface area contributed by atoms with Crippen molar-refractivity contribution < 1.29 is 4.74 Å². The second kappa shape index (κ2) is 10.1. The van der Waals surface area contributed by atoms with E-state index in [0.29, 0.717) is 12.5 Å². The molecule has 0 radical (unpaired) electrons. The van der Waals surface area contributed by atoms with Crippen molar-refractivity contribution in [2.24, 2.45) is 10.7 Å². The molecule has 2 rings (SSSR count). The van der Waals surface area contributed by atoms with Crippen LogP contribution in [0, 0.1) is 0 Å². The lowest BCUT2D eigenvalue weighted by molar-refractivity contribution is 0.122. The Bertz CT molecular complexity index is 484. The van der Waals surface area contributed by atoms with E-state index in [4.69, 9.17) is 10.5 Å². The van der Waals surface area contributed by atoms with Crippen molar-refractivity contribution in [3.8, 4) is 0 Å². The van der Waals surface area contributed by atoms with Gasteiger partial charge in [0.1, 0.15) is 0 Å². The van der Waals surface area contributed by atoms with Crippen LogP contribution < -0.4 is 16.0 Å². The third-order valence-electron chi connectivity index (χ3n) is 4.10. The summed E-state index contributed by atoms with van der Waals surface area (Å²) in [6.07, 6.45) is 4.93. The number of anilines is 1. The Morgan fingerprint density at radius 1 is 1.22 bits per heavy atom. The highest BCUT2D eigenvalue weighted by Gasteiger charge is 2.13. The summed E-state index contributed by atoms with van der Waals surface area (Å²) in [5, 5.41) is 3.20. The van der Waals surface area contributed by atoms with E-state index in [2.05, 4.69) is 46.4 Å². The van der Waals surface area contributed by atoms with Gasteiger partial charge in [-0.3, -0.25) is 0 Å². The maximum Gasteiger partial charge on any atom is 0.188 e. The van der Waals surface area contributed by atoms with E-state index in [-0.39, 0.29) is 0 Å². The predicted octanol–water partition coefficient (Wildman–Crippen LogP) is 2.51. The van der Waals surface area contributed by atoms with E-state index in [1.807, 2.05) is 0 Å². The number of ether oxygens (including phenoxy) is 1. The van der Waals surface area contributed by atoms with Gasteiger partial charge in [0.25, 0.3) is 0 Å². The molecule has 5 nitrogen and oxygen atoms in total. The van der Waals surface area contributed by atoms with Crippen molar-refractivity contribution in [1.29, 1.82) is 0 Å². The van der Waals surface area contributed by atoms with Crippen LogP contribution in [0.4, 0.5) is 5.69 Å². The molecule has 1 aliphatic rings. The molecule has 0 bridgehead atoms. The van der Waals surface area contributed by atoms with E-state index in [0.717, 1.165) is 39.3 Å². The normalized spacial score (nSPS) is 15.7. The van der Waals surface area contributed by atoms with Crippen LogP contribution >= 0.6 is 0 Å². The van der Waals surface area contributed by atoms with Crippen molar-refractivity contribution in [1.82, 2.24) is 5.32 Å². The van der Waals surface area contributed by atoms with Crippen molar-refractivity contribution >= 4 is 11.6 Å². The number of rotatable bonds is 8. The first-order valence-electron chi connectivity index (χ1n) is 8.75. The number of morpholine rings is 1. The van der Waals surface area contributed by atoms with Crippen LogP contribution in [-0.2, 0) is 11.3 Å². The summed E-state index contributed by atoms with van der Waals surface area (Å²) < 4.78 is 5.43. The first-order valence-corrected chi connectivity index (χ1v) is 8.75. The maximum atomic E-state index is 5.97. The van der Waals surface area contributed by atoms with E-state index in [1.54, 1.807) is 0 Å². The van der Waals surface area contributed by atoms with Crippen molar-refractivity contribution in [3.05, 3.63) is 29.8 Å². The van der Waals surface area contributed by atoms with Gasteiger partial charge < -0.3 is 20.7 Å². The molecule has 1 saturated heterocycles. The summed E-state index contributed by atoms with van der Waals surface area (Å²) in [6, 6.07) is 8.42. The zero-order valence-corrected chi connectivity index (χ0v) is 14.3. The lowest BCUT2D eigenvalue weighted by atomic mass is 10.1. The summed E-state index contributed by atoms with van der Waals surface area (Å²) in [6.45, 7) is 7.19. The van der Waals surface area contributed by atoms with Gasteiger partial charge in [0.2, 0.25) is 0 Å². The van der Waals surface area contributed by atoms with E-state index >= 15 is 0 Å². The van der Waals surface area contributed by atoms with Crippen molar-refractivity contribution in [2.75, 3.05) is 37.7 Å². The van der Waals surface area contributed by atoms with Crippen LogP contribution in [0.1, 0.15) is 38.2 Å². The zero-order valence-electron chi connectivity index (χ0n) is 14.3. The van der Waals surface area contributed by atoms with Crippen LogP contribution in [0.25, 0.3) is 0 Å². The van der Waals surface area contributed by atoms with Gasteiger partial charge in [0.15, 0.2) is 5.96 Å². The number of benzene rings is 1. The largest absolute Gasteiger partial charge is 0.378 e. The predicted molar refractivity (Wildman–Crippen MR) is 96.9 cm³/mol. The molecule has 1 fully saturated rings. The van der Waals surface area contributed by atoms with Gasteiger partial charge in [-0.15, -0.1) is 0 Å². The highest BCUT2D eigenvalue weighted by molar-refractivity contribution is 5.77. The summed E-state index contributed by atoms with van der Waals surface area (Å²) in [4.78, 5) is 6.86. The molecule has 5 heteroatoms. The van der Waals surface area contributed by atoms with Crippen LogP contribution in [0.3, 0.4) is 0 Å². The van der Waals surface area contributed by atoms with E-state index in [1.165, 1.54) is 30.5 Å². The molecule has 0 spiro atoms. The summed E-state index contributed by atoms with van der Waals surface area (Å²) in [7, 11) is 0. The molecule has 0 saturated carbocycles. The lowest BCUT2D eigenvalue weighted by Crippen LogP contribution is -2.36. The quantitative estimate of drug-likeness (QED) is 0.439. The minimum atomic E-state index is 0.540. The second-order valence-corrected chi connectivity index (χ2v) is 5.92. The van der Waals surface area contributed by atoms with Crippen LogP contribution in [0.15, 0.2) is 29.3 Å². The number of para-hydroxylation sites is 1. The average molecular weight is 318 g/mol. The molecule has 1 aliphatic heterocycles. The number of unbranched alkanes of at least 4 members (excludes halogenated alkanes) is 3. The van der Waals surface area contributed by atoms with Crippen molar-refractivity contribution in [2.45, 2.75) is 39.2 Å². The molecule has 0 atom stereocenters. The second-order valence-electron chi connectivity index (χ2n) is 5.92. The molecule has 1 aromatic carbocycles. The number of nitrogens with one attached hydrogen (secondary N) is 1. The Morgan fingerprint density at radius 2 is 2.00 bits per heavy atom. The molecule has 0 aliphatic carbocycles. The first kappa shape index (κ1) is 17.6. The third kappa shape index (κ3) is 6.10. The summed E-state index contributed by atoms with van der Waals surface area (Å²) in [5.74, 6) is 0.540. The van der Waals surface area contributed by atoms with Gasteiger partial charge in [-0.05, 0) is 18.1 Å². The van der Waals surface area contributed by atoms with Gasteiger partial charge in [-0.1, -0.05) is 44.4 Å². The number of hydrogen-bond acceptors (Lipinski definition) is 3. The van der Waals surface area contributed by atoms with Gasteiger partial charge in [-0.2, -0.15) is 0 Å². The van der Waals surface area contributed by atoms with Crippen LogP contribution in [-0.4, -0.2) is 38.8 Å². The molecule has 1 heterocycles. The Kier molecular flexibility index (Phi) is 7.73. The number of nitrogens with zero attached hydrogens (tertiary/aromatic N) is 2. The molecular weight excluding hydrogens is 288 g/mol. The monoisotopic (exact) mass is 318 g/mol. The first-order chi connectivity index (χ1) is 11.3. The molecule has 1 aromatic rings. The SMILES string of the molecule is CCCCCCNC(N)=NCc1ccccc1N1CCOCC1. The number of nitrogens with two attached hydrogens (primary N) is 1. The third-order valence-corrected chi connectivity index (χ3v) is 4.10. The van der Waals surface area contributed by atoms with Crippen LogP contribution in [0.2, 0.25) is 0 Å². The van der Waals surface area contributed by atoms with Crippen LogP contribution in [0.5, 0.6) is 0 Å². The summed E-state index contributed by atoms with van der Waals surface area (Å²) >= 11 is 0. The van der Waals surface area contributed by atoms with Gasteiger partial charge >= 0.3 is 0 Å². The fourth-order valence-corrected chi connectivity index (χ4v) is 2.75. The Hall–Kier alpha value is -1.75. The minimum Gasteiger partial charge on any atom is -0.378 e. The highest BCUT2D eigenvalue weighted by Crippen LogP contribution is 2.22. The maximum absolute atomic E-state index is 5.97. The van der Waals surface area contributed by atoms with Crippen molar-refractivity contribution in [3.63, 3.8) is 0 Å². The molecule has 3 N–H and O–H groups in total. The standard InChI is InChI=1S/C18H30N4O/c1-2-3-4-7-10-20-18(19)21-15-16-8-5-6-9-17(16)22-11-13-23-14-12-22/h5-6,8-9H,2-4,7,10-15H2,1H3,(H3,19,20,21). The van der Waals surface area contributed by atoms with E-state index in [9.17, 15) is 0 Å². The molecule has 128 valence electrons. The lowest BCUT2D eigenvalue weighted by Gasteiger charge is -2.30. The van der Waals surface area contributed by atoms with Gasteiger partial charge in [-0.25, -0.2) is 4.99 Å². The fourth-order valence-electron chi connectivity index (χ4n) is 2.75. The highest BCUT2D eigenvalue weighted by atomic mass is 16.5. The molecule has 0 amide bonds. The Morgan fingerprint density at radius 3 is 2.78 bits per heavy atom. The molecular formula is C18H30N4O. The van der Waals surface area contributed by atoms with E-state index < -0.39 is 0 Å². The fraction of sp³-hybridized carbons (Fsp3) is 0.611. The van der Waals surface area contributed by atoms with Gasteiger partial charge in [0.05, 0.1) is 19.8 Å². The molecule has 23 heavy (non-hydrogen) atoms. The van der Waals surface area contributed by atoms with Gasteiger partial charge in [0, 0.05) is 25.3 Å². The summed E-state index contributed by atoms with van der Waals surface area (Å²) in [5.41, 5.74) is 8.43. The zero-order chi connectivity index (χ0) is 16.3. The number of aliphatic imine (C=N–C) groups is 1. The Balaban J connectivity index is 1.85. The smallest absolute Gasteiger partial charge is 0.188 e. The topological polar surface area (TPSA) is 62.9 Å². The molecule has 0 aromatic heterocycles. The number of guanidine groups is 1. The average Bonchev–Trinajstić information content (AvgIpc) is 2.61. The Labute approximate surface area is 139 Å².